The molecule has 1 aromatic heterocycles. The third kappa shape index (κ3) is 2.17. The van der Waals surface area contributed by atoms with E-state index in [-0.39, 0.29) is 0 Å². The number of benzene rings is 1. The first-order chi connectivity index (χ1) is 7.56. The quantitative estimate of drug-likeness (QED) is 0.810. The van der Waals surface area contributed by atoms with Gasteiger partial charge in [0.05, 0.1) is 5.69 Å². The summed E-state index contributed by atoms with van der Waals surface area (Å²) in [6.07, 6.45) is 0. The van der Waals surface area contributed by atoms with Gasteiger partial charge in [-0.2, -0.15) is 0 Å². The molecule has 4 heteroatoms. The molecule has 0 aliphatic heterocycles. The number of aromatic nitrogens is 1. The maximum absolute atomic E-state index is 5.82. The first-order valence-corrected chi connectivity index (χ1v) is 5.91. The Kier molecular flexibility index (Phi) is 2.83. The smallest absolute Gasteiger partial charge is 0.278 e. The number of nitrogen functional groups attached to an aromatic ring is 1. The van der Waals surface area contributed by atoms with Crippen LogP contribution in [0.3, 0.4) is 0 Å². The Morgan fingerprint density at radius 2 is 1.94 bits per heavy atom. The number of hydrogen-bond acceptors (Lipinski definition) is 4. The molecular formula is C12H14N2OS. The number of nitrogens with zero attached hydrogens (tertiary/aromatic N) is 1. The molecule has 2 aromatic rings. The second kappa shape index (κ2) is 4.14. The van der Waals surface area contributed by atoms with Gasteiger partial charge in [-0.15, -0.1) is 0 Å². The fraction of sp³-hybridized carbons (Fsp3) is 0.250. The van der Waals surface area contributed by atoms with E-state index in [1.807, 2.05) is 38.3 Å². The summed E-state index contributed by atoms with van der Waals surface area (Å²) in [4.78, 5) is 4.26. The van der Waals surface area contributed by atoms with Gasteiger partial charge in [-0.25, -0.2) is 4.98 Å². The van der Waals surface area contributed by atoms with Gasteiger partial charge in [-0.1, -0.05) is 11.3 Å². The molecule has 16 heavy (non-hydrogen) atoms. The number of rotatable bonds is 2. The summed E-state index contributed by atoms with van der Waals surface area (Å²) in [5, 5.41) is 2.64. The minimum Gasteiger partial charge on any atom is -0.431 e. The fourth-order valence-electron chi connectivity index (χ4n) is 1.40. The van der Waals surface area contributed by atoms with Crippen LogP contribution in [0.5, 0.6) is 10.9 Å². The lowest BCUT2D eigenvalue weighted by Gasteiger charge is -2.08. The molecule has 0 bridgehead atoms. The van der Waals surface area contributed by atoms with E-state index in [0.29, 0.717) is 5.19 Å². The highest BCUT2D eigenvalue weighted by Crippen LogP contribution is 2.30. The van der Waals surface area contributed by atoms with E-state index in [2.05, 4.69) is 4.98 Å². The Labute approximate surface area is 98.9 Å². The van der Waals surface area contributed by atoms with Crippen LogP contribution in [0, 0.1) is 20.8 Å². The van der Waals surface area contributed by atoms with Gasteiger partial charge >= 0.3 is 0 Å². The highest BCUT2D eigenvalue weighted by atomic mass is 32.1. The van der Waals surface area contributed by atoms with Gasteiger partial charge in [0, 0.05) is 11.1 Å². The number of nitrogens with two attached hydrogens (primary N) is 1. The van der Waals surface area contributed by atoms with Gasteiger partial charge < -0.3 is 10.5 Å². The van der Waals surface area contributed by atoms with Crippen molar-refractivity contribution in [3.8, 4) is 10.9 Å². The van der Waals surface area contributed by atoms with Gasteiger partial charge in [-0.3, -0.25) is 0 Å². The van der Waals surface area contributed by atoms with Crippen molar-refractivity contribution in [3.05, 3.63) is 34.3 Å². The lowest BCUT2D eigenvalue weighted by molar-refractivity contribution is 0.474. The number of hydrogen-bond donors (Lipinski definition) is 1. The number of aryl methyl sites for hydroxylation is 3. The van der Waals surface area contributed by atoms with Gasteiger partial charge in [0.25, 0.3) is 5.19 Å². The average Bonchev–Trinajstić information content (AvgIpc) is 2.60. The van der Waals surface area contributed by atoms with Gasteiger partial charge in [0.2, 0.25) is 0 Å². The highest BCUT2D eigenvalue weighted by Gasteiger charge is 2.06. The fourth-order valence-corrected chi connectivity index (χ4v) is 2.05. The van der Waals surface area contributed by atoms with Crippen molar-refractivity contribution < 1.29 is 4.74 Å². The molecule has 0 atom stereocenters. The van der Waals surface area contributed by atoms with Crippen LogP contribution >= 0.6 is 11.3 Å². The Balaban J connectivity index is 2.31. The van der Waals surface area contributed by atoms with Crippen LogP contribution < -0.4 is 10.5 Å². The van der Waals surface area contributed by atoms with Crippen LogP contribution in [0.4, 0.5) is 5.69 Å². The average molecular weight is 234 g/mol. The molecule has 0 fully saturated rings. The largest absolute Gasteiger partial charge is 0.431 e. The van der Waals surface area contributed by atoms with Crippen LogP contribution in [-0.2, 0) is 0 Å². The Hall–Kier alpha value is -1.55. The van der Waals surface area contributed by atoms with Crippen molar-refractivity contribution >= 4 is 17.0 Å². The van der Waals surface area contributed by atoms with E-state index in [1.54, 1.807) is 0 Å². The predicted octanol–water partition coefficient (Wildman–Crippen LogP) is 3.44. The summed E-state index contributed by atoms with van der Waals surface area (Å²) in [6, 6.07) is 3.87. The summed E-state index contributed by atoms with van der Waals surface area (Å²) >= 11 is 1.50. The van der Waals surface area contributed by atoms with Crippen LogP contribution in [0.25, 0.3) is 0 Å². The van der Waals surface area contributed by atoms with Crippen LogP contribution in [0.2, 0.25) is 0 Å². The van der Waals surface area contributed by atoms with Crippen molar-refractivity contribution in [1.29, 1.82) is 0 Å². The molecular weight excluding hydrogens is 220 g/mol. The maximum atomic E-state index is 5.82. The molecule has 3 nitrogen and oxygen atoms in total. The zero-order chi connectivity index (χ0) is 11.7. The highest BCUT2D eigenvalue weighted by molar-refractivity contribution is 7.11. The number of ether oxygens (including phenoxy) is 1. The number of anilines is 1. The molecule has 1 heterocycles. The lowest BCUT2D eigenvalue weighted by Crippen LogP contribution is -1.94. The molecule has 84 valence electrons. The first kappa shape index (κ1) is 11.0. The molecule has 0 saturated heterocycles. The van der Waals surface area contributed by atoms with E-state index in [0.717, 1.165) is 28.3 Å². The zero-order valence-corrected chi connectivity index (χ0v) is 10.4. The van der Waals surface area contributed by atoms with Crippen molar-refractivity contribution in [3.63, 3.8) is 0 Å². The molecule has 0 radical (unpaired) electrons. The summed E-state index contributed by atoms with van der Waals surface area (Å²) < 4.78 is 5.72. The summed E-state index contributed by atoms with van der Waals surface area (Å²) in [6.45, 7) is 5.89. The van der Waals surface area contributed by atoms with Crippen LogP contribution in [0.1, 0.15) is 16.8 Å². The third-order valence-corrected chi connectivity index (χ3v) is 3.19. The maximum Gasteiger partial charge on any atom is 0.278 e. The van der Waals surface area contributed by atoms with Gasteiger partial charge in [-0.05, 0) is 44.0 Å². The molecule has 0 amide bonds. The van der Waals surface area contributed by atoms with Gasteiger partial charge in [0.1, 0.15) is 5.75 Å². The second-order valence-electron chi connectivity index (χ2n) is 3.83. The van der Waals surface area contributed by atoms with E-state index in [9.17, 15) is 0 Å². The van der Waals surface area contributed by atoms with Crippen molar-refractivity contribution in [2.24, 2.45) is 0 Å². The van der Waals surface area contributed by atoms with Crippen molar-refractivity contribution in [1.82, 2.24) is 4.98 Å². The first-order valence-electron chi connectivity index (χ1n) is 5.03. The second-order valence-corrected chi connectivity index (χ2v) is 4.65. The lowest BCUT2D eigenvalue weighted by atomic mass is 10.1. The number of thiazole rings is 1. The van der Waals surface area contributed by atoms with Crippen molar-refractivity contribution in [2.75, 3.05) is 5.73 Å². The summed E-state index contributed by atoms with van der Waals surface area (Å²) in [5.74, 6) is 0.820. The minimum absolute atomic E-state index is 0.671. The Bertz CT molecular complexity index is 520. The van der Waals surface area contributed by atoms with Crippen LogP contribution in [-0.4, -0.2) is 4.98 Å². The minimum atomic E-state index is 0.671. The molecule has 2 N–H and O–H groups in total. The SMILES string of the molecule is Cc1csc(Oc2cc(C)c(N)cc2C)n1. The van der Waals surface area contributed by atoms with E-state index in [4.69, 9.17) is 10.5 Å². The topological polar surface area (TPSA) is 48.1 Å². The van der Waals surface area contributed by atoms with Gasteiger partial charge in [0.15, 0.2) is 0 Å². The summed E-state index contributed by atoms with van der Waals surface area (Å²) in [7, 11) is 0. The van der Waals surface area contributed by atoms with Crippen molar-refractivity contribution in [2.45, 2.75) is 20.8 Å². The molecule has 2 rings (SSSR count). The normalized spacial score (nSPS) is 10.4. The standard InChI is InChI=1S/C12H14N2OS/c1-7-5-11(8(2)4-10(7)13)15-12-14-9(3)6-16-12/h4-6H,13H2,1-3H3. The molecule has 0 saturated carbocycles. The Morgan fingerprint density at radius 1 is 1.19 bits per heavy atom. The monoisotopic (exact) mass is 234 g/mol. The molecule has 0 aliphatic carbocycles. The zero-order valence-electron chi connectivity index (χ0n) is 9.57. The predicted molar refractivity (Wildman–Crippen MR) is 67.3 cm³/mol. The third-order valence-electron chi connectivity index (χ3n) is 2.36. The Morgan fingerprint density at radius 3 is 2.56 bits per heavy atom. The van der Waals surface area contributed by atoms with E-state index in [1.165, 1.54) is 11.3 Å². The summed E-state index contributed by atoms with van der Waals surface area (Å²) in [5.41, 5.74) is 9.63. The molecule has 0 spiro atoms. The van der Waals surface area contributed by atoms with E-state index >= 15 is 0 Å². The van der Waals surface area contributed by atoms with E-state index < -0.39 is 0 Å². The molecule has 0 aliphatic rings. The molecule has 0 unspecified atom stereocenters. The molecule has 1 aromatic carbocycles. The van der Waals surface area contributed by atoms with Crippen LogP contribution in [0.15, 0.2) is 17.5 Å².